The first-order valence-corrected chi connectivity index (χ1v) is 7.91. The molecule has 1 unspecified atom stereocenters. The van der Waals surface area contributed by atoms with Gasteiger partial charge in [0, 0.05) is 26.2 Å². The molecular weight excluding hydrogens is 308 g/mol. The summed E-state index contributed by atoms with van der Waals surface area (Å²) in [7, 11) is -3.60. The summed E-state index contributed by atoms with van der Waals surface area (Å²) in [6, 6.07) is 0. The Bertz CT molecular complexity index is 450. The summed E-state index contributed by atoms with van der Waals surface area (Å²) in [6.45, 7) is 4.48. The molecule has 118 valence electrons. The lowest BCUT2D eigenvalue weighted by Gasteiger charge is -2.21. The van der Waals surface area contributed by atoms with Crippen molar-refractivity contribution in [2.24, 2.45) is 5.92 Å². The molecule has 1 fully saturated rings. The van der Waals surface area contributed by atoms with Gasteiger partial charge in [-0.15, -0.1) is 12.4 Å². The molecule has 0 aromatic heterocycles. The van der Waals surface area contributed by atoms with Crippen LogP contribution in [0.5, 0.6) is 0 Å². The summed E-state index contributed by atoms with van der Waals surface area (Å²) in [5.74, 6) is -2.63. The lowest BCUT2D eigenvalue weighted by molar-refractivity contribution is -0.141. The second-order valence-electron chi connectivity index (χ2n) is 4.50. The largest absolute Gasteiger partial charge is 0.481 e. The number of carboxylic acid groups (broad SMARTS) is 1. The lowest BCUT2D eigenvalue weighted by Crippen LogP contribution is -2.40. The van der Waals surface area contributed by atoms with Crippen molar-refractivity contribution in [1.82, 2.24) is 9.21 Å². The number of aliphatic carboxylic acids is 1. The van der Waals surface area contributed by atoms with E-state index < -0.39 is 33.6 Å². The molecule has 0 aliphatic carbocycles. The standard InChI is InChI=1S/C11H20N2O5S.ClH/c1-3-13(4-2)19(17,18)8-10(14)12-6-5-9(7-12)11(15)16;/h9H,3-8H2,1-2H3,(H,15,16);1H. The third kappa shape index (κ3) is 4.60. The highest BCUT2D eigenvalue weighted by atomic mass is 35.5. The molecule has 1 atom stereocenters. The maximum absolute atomic E-state index is 11.9. The second-order valence-corrected chi connectivity index (χ2v) is 6.47. The van der Waals surface area contributed by atoms with Gasteiger partial charge in [0.1, 0.15) is 5.75 Å². The van der Waals surface area contributed by atoms with Crippen LogP contribution in [0, 0.1) is 5.92 Å². The monoisotopic (exact) mass is 328 g/mol. The topological polar surface area (TPSA) is 95.0 Å². The van der Waals surface area contributed by atoms with Crippen LogP contribution < -0.4 is 0 Å². The van der Waals surface area contributed by atoms with Gasteiger partial charge in [-0.3, -0.25) is 9.59 Å². The predicted molar refractivity (Wildman–Crippen MR) is 76.3 cm³/mol. The number of carbonyl (C=O) groups is 2. The fourth-order valence-corrected chi connectivity index (χ4v) is 3.61. The van der Waals surface area contributed by atoms with Crippen molar-refractivity contribution in [2.45, 2.75) is 20.3 Å². The maximum atomic E-state index is 11.9. The highest BCUT2D eigenvalue weighted by Crippen LogP contribution is 2.17. The van der Waals surface area contributed by atoms with E-state index in [0.29, 0.717) is 26.1 Å². The van der Waals surface area contributed by atoms with Gasteiger partial charge in [-0.25, -0.2) is 12.7 Å². The molecule has 0 spiro atoms. The number of sulfonamides is 1. The van der Waals surface area contributed by atoms with Gasteiger partial charge >= 0.3 is 5.97 Å². The molecule has 1 aliphatic rings. The van der Waals surface area contributed by atoms with Crippen LogP contribution in [0.15, 0.2) is 0 Å². The Balaban J connectivity index is 0.00000361. The number of rotatable bonds is 6. The first-order valence-electron chi connectivity index (χ1n) is 6.30. The van der Waals surface area contributed by atoms with E-state index in [9.17, 15) is 18.0 Å². The fourth-order valence-electron chi connectivity index (χ4n) is 2.14. The Hall–Kier alpha value is -0.860. The number of hydrogen-bond donors (Lipinski definition) is 1. The van der Waals surface area contributed by atoms with Gasteiger partial charge in [0.25, 0.3) is 0 Å². The SMILES string of the molecule is CCN(CC)S(=O)(=O)CC(=O)N1CCC(C(=O)O)C1.Cl. The van der Waals surface area contributed by atoms with E-state index in [0.717, 1.165) is 0 Å². The molecule has 1 heterocycles. The van der Waals surface area contributed by atoms with Crippen LogP contribution in [0.3, 0.4) is 0 Å². The number of carboxylic acids is 1. The summed E-state index contributed by atoms with van der Waals surface area (Å²) in [5.41, 5.74) is 0. The Kier molecular flexibility index (Phi) is 7.46. The second kappa shape index (κ2) is 7.80. The van der Waals surface area contributed by atoms with E-state index in [1.165, 1.54) is 9.21 Å². The quantitative estimate of drug-likeness (QED) is 0.741. The number of nitrogens with zero attached hydrogens (tertiary/aromatic N) is 2. The van der Waals surface area contributed by atoms with Crippen LogP contribution in [0.2, 0.25) is 0 Å². The van der Waals surface area contributed by atoms with Gasteiger partial charge in [-0.05, 0) is 6.42 Å². The van der Waals surface area contributed by atoms with Crippen molar-refractivity contribution >= 4 is 34.3 Å². The van der Waals surface area contributed by atoms with Crippen molar-refractivity contribution in [2.75, 3.05) is 31.9 Å². The normalized spacial score (nSPS) is 18.9. The summed E-state index contributed by atoms with van der Waals surface area (Å²) < 4.78 is 25.1. The van der Waals surface area contributed by atoms with E-state index >= 15 is 0 Å². The third-order valence-corrected chi connectivity index (χ3v) is 5.21. The summed E-state index contributed by atoms with van der Waals surface area (Å²) in [4.78, 5) is 24.0. The third-order valence-electron chi connectivity index (χ3n) is 3.29. The minimum atomic E-state index is -3.60. The molecule has 1 rings (SSSR count). The molecule has 1 amide bonds. The average molecular weight is 329 g/mol. The van der Waals surface area contributed by atoms with Crippen molar-refractivity contribution in [3.8, 4) is 0 Å². The zero-order chi connectivity index (χ0) is 14.6. The zero-order valence-corrected chi connectivity index (χ0v) is 13.2. The van der Waals surface area contributed by atoms with Gasteiger partial charge in [-0.2, -0.15) is 0 Å². The summed E-state index contributed by atoms with van der Waals surface area (Å²) in [6.07, 6.45) is 0.381. The Morgan fingerprint density at radius 2 is 1.85 bits per heavy atom. The van der Waals surface area contributed by atoms with E-state index in [2.05, 4.69) is 0 Å². The molecule has 0 aromatic rings. The first kappa shape index (κ1) is 19.1. The fraction of sp³-hybridized carbons (Fsp3) is 0.818. The molecule has 20 heavy (non-hydrogen) atoms. The van der Waals surface area contributed by atoms with E-state index in [4.69, 9.17) is 5.11 Å². The van der Waals surface area contributed by atoms with Crippen molar-refractivity contribution in [3.05, 3.63) is 0 Å². The number of hydrogen-bond acceptors (Lipinski definition) is 4. The molecule has 9 heteroatoms. The summed E-state index contributed by atoms with van der Waals surface area (Å²) >= 11 is 0. The van der Waals surface area contributed by atoms with Gasteiger partial charge in [-0.1, -0.05) is 13.8 Å². The van der Waals surface area contributed by atoms with Gasteiger partial charge in [0.05, 0.1) is 5.92 Å². The minimum absolute atomic E-state index is 0. The maximum Gasteiger partial charge on any atom is 0.308 e. The molecule has 7 nitrogen and oxygen atoms in total. The number of halogens is 1. The van der Waals surface area contributed by atoms with Crippen LogP contribution in [0.1, 0.15) is 20.3 Å². The Morgan fingerprint density at radius 3 is 2.25 bits per heavy atom. The van der Waals surface area contributed by atoms with E-state index in [1.807, 2.05) is 0 Å². The predicted octanol–water partition coefficient (Wildman–Crippen LogP) is 0.0129. The van der Waals surface area contributed by atoms with Crippen LogP contribution in [-0.2, 0) is 19.6 Å². The number of carbonyl (C=O) groups excluding carboxylic acids is 1. The zero-order valence-electron chi connectivity index (χ0n) is 11.6. The molecule has 0 bridgehead atoms. The smallest absolute Gasteiger partial charge is 0.308 e. The molecular formula is C11H21ClN2O5S. The summed E-state index contributed by atoms with van der Waals surface area (Å²) in [5, 5.41) is 8.85. The van der Waals surface area contributed by atoms with Crippen molar-refractivity contribution in [3.63, 3.8) is 0 Å². The molecule has 0 aromatic carbocycles. The van der Waals surface area contributed by atoms with Gasteiger partial charge in [0.2, 0.25) is 15.9 Å². The highest BCUT2D eigenvalue weighted by molar-refractivity contribution is 7.89. The van der Waals surface area contributed by atoms with E-state index in [1.54, 1.807) is 13.8 Å². The number of likely N-dealkylation sites (tertiary alicyclic amines) is 1. The van der Waals surface area contributed by atoms with Gasteiger partial charge < -0.3 is 10.0 Å². The van der Waals surface area contributed by atoms with Crippen LogP contribution >= 0.6 is 12.4 Å². The number of amides is 1. The average Bonchev–Trinajstić information content (AvgIpc) is 2.78. The molecule has 1 N–H and O–H groups in total. The van der Waals surface area contributed by atoms with Gasteiger partial charge in [0.15, 0.2) is 0 Å². The lowest BCUT2D eigenvalue weighted by atomic mass is 10.1. The highest BCUT2D eigenvalue weighted by Gasteiger charge is 2.33. The molecule has 0 saturated carbocycles. The van der Waals surface area contributed by atoms with Crippen molar-refractivity contribution in [1.29, 1.82) is 0 Å². The van der Waals surface area contributed by atoms with Crippen LogP contribution in [-0.4, -0.2) is 66.5 Å². The molecule has 0 radical (unpaired) electrons. The van der Waals surface area contributed by atoms with Crippen LogP contribution in [0.25, 0.3) is 0 Å². The minimum Gasteiger partial charge on any atom is -0.481 e. The van der Waals surface area contributed by atoms with E-state index in [-0.39, 0.29) is 19.0 Å². The van der Waals surface area contributed by atoms with Crippen molar-refractivity contribution < 1.29 is 23.1 Å². The Morgan fingerprint density at radius 1 is 1.30 bits per heavy atom. The Labute approximate surface area is 125 Å². The first-order chi connectivity index (χ1) is 8.81. The van der Waals surface area contributed by atoms with Crippen LogP contribution in [0.4, 0.5) is 0 Å². The molecule has 1 saturated heterocycles. The molecule has 1 aliphatic heterocycles.